The molecule has 1 aliphatic carbocycles. The summed E-state index contributed by atoms with van der Waals surface area (Å²) >= 11 is 5.23. The fourth-order valence-electron chi connectivity index (χ4n) is 2.51. The summed E-state index contributed by atoms with van der Waals surface area (Å²) in [6.45, 7) is 1.79. The Morgan fingerprint density at radius 1 is 1.36 bits per heavy atom. The van der Waals surface area contributed by atoms with E-state index in [1.54, 1.807) is 19.1 Å². The number of benzene rings is 1. The van der Waals surface area contributed by atoms with Crippen LogP contribution in [0.3, 0.4) is 0 Å². The zero-order valence-electron chi connectivity index (χ0n) is 12.5. The molecule has 1 aromatic carbocycles. The van der Waals surface area contributed by atoms with Crippen LogP contribution in [-0.2, 0) is 0 Å². The van der Waals surface area contributed by atoms with Gasteiger partial charge in [0.1, 0.15) is 0 Å². The van der Waals surface area contributed by atoms with E-state index >= 15 is 0 Å². The summed E-state index contributed by atoms with van der Waals surface area (Å²) in [5.41, 5.74) is 4.21. The van der Waals surface area contributed by atoms with Gasteiger partial charge in [0.05, 0.1) is 10.6 Å². The van der Waals surface area contributed by atoms with Crippen molar-refractivity contribution in [3.8, 4) is 0 Å². The third-order valence-corrected chi connectivity index (χ3v) is 3.95. The molecule has 2 rings (SSSR count). The number of nitrogens with zero attached hydrogens (tertiary/aromatic N) is 2. The van der Waals surface area contributed by atoms with Crippen LogP contribution in [0, 0.1) is 10.1 Å². The van der Waals surface area contributed by atoms with Crippen molar-refractivity contribution in [1.82, 2.24) is 10.7 Å². The summed E-state index contributed by atoms with van der Waals surface area (Å²) < 4.78 is 0. The highest BCUT2D eigenvalue weighted by molar-refractivity contribution is 7.80. The standard InChI is InChI=1S/C15H20N4O2S/c1-11(12-6-5-9-14(10-12)19(20)21)17-18-15(22)16-13-7-3-2-4-8-13/h5-6,9-10,13H,2-4,7-8H2,1H3,(H2,16,18,22)/b17-11-. The number of hydrazone groups is 1. The quantitative estimate of drug-likeness (QED) is 0.386. The fourth-order valence-corrected chi connectivity index (χ4v) is 2.72. The Bertz CT molecular complexity index is 583. The third kappa shape index (κ3) is 4.77. The van der Waals surface area contributed by atoms with Gasteiger partial charge < -0.3 is 5.32 Å². The van der Waals surface area contributed by atoms with Crippen molar-refractivity contribution in [2.24, 2.45) is 5.10 Å². The Hall–Kier alpha value is -2.02. The Morgan fingerprint density at radius 2 is 2.09 bits per heavy atom. The molecule has 0 unspecified atom stereocenters. The molecule has 1 fully saturated rings. The van der Waals surface area contributed by atoms with Gasteiger partial charge in [0, 0.05) is 23.7 Å². The van der Waals surface area contributed by atoms with E-state index in [1.807, 2.05) is 0 Å². The van der Waals surface area contributed by atoms with Gasteiger partial charge in [-0.05, 0) is 32.0 Å². The number of hydrogen-bond donors (Lipinski definition) is 2. The van der Waals surface area contributed by atoms with E-state index in [1.165, 1.54) is 31.4 Å². The first-order valence-corrected chi connectivity index (χ1v) is 7.82. The molecule has 0 amide bonds. The molecule has 1 saturated carbocycles. The van der Waals surface area contributed by atoms with Gasteiger partial charge in [-0.1, -0.05) is 31.4 Å². The average Bonchev–Trinajstić information content (AvgIpc) is 2.53. The van der Waals surface area contributed by atoms with Crippen LogP contribution in [0.25, 0.3) is 0 Å². The second kappa shape index (κ2) is 7.84. The van der Waals surface area contributed by atoms with Crippen molar-refractivity contribution in [3.05, 3.63) is 39.9 Å². The van der Waals surface area contributed by atoms with E-state index in [4.69, 9.17) is 12.2 Å². The van der Waals surface area contributed by atoms with Gasteiger partial charge in [-0.2, -0.15) is 5.10 Å². The molecule has 7 heteroatoms. The maximum Gasteiger partial charge on any atom is 0.270 e. The van der Waals surface area contributed by atoms with Crippen LogP contribution in [0.2, 0.25) is 0 Å². The van der Waals surface area contributed by atoms with E-state index < -0.39 is 4.92 Å². The molecule has 0 bridgehead atoms. The van der Waals surface area contributed by atoms with E-state index in [0.717, 1.165) is 12.8 Å². The molecule has 1 aromatic rings. The lowest BCUT2D eigenvalue weighted by Gasteiger charge is -2.23. The van der Waals surface area contributed by atoms with Crippen molar-refractivity contribution in [1.29, 1.82) is 0 Å². The topological polar surface area (TPSA) is 79.6 Å². The molecule has 2 N–H and O–H groups in total. The van der Waals surface area contributed by atoms with Gasteiger partial charge >= 0.3 is 0 Å². The minimum absolute atomic E-state index is 0.0509. The van der Waals surface area contributed by atoms with Gasteiger partial charge in [-0.25, -0.2) is 0 Å². The van der Waals surface area contributed by atoms with E-state index in [9.17, 15) is 10.1 Å². The SMILES string of the molecule is C/C(=N/NC(=S)NC1CCCCC1)c1cccc([N+](=O)[O-])c1. The van der Waals surface area contributed by atoms with Gasteiger partial charge in [-0.15, -0.1) is 0 Å². The van der Waals surface area contributed by atoms with E-state index in [2.05, 4.69) is 15.8 Å². The molecule has 0 saturated heterocycles. The lowest BCUT2D eigenvalue weighted by atomic mass is 9.96. The summed E-state index contributed by atoms with van der Waals surface area (Å²) in [7, 11) is 0. The van der Waals surface area contributed by atoms with Crippen molar-refractivity contribution in [3.63, 3.8) is 0 Å². The highest BCUT2D eigenvalue weighted by Crippen LogP contribution is 2.17. The molecule has 0 aromatic heterocycles. The minimum atomic E-state index is -0.417. The zero-order valence-corrected chi connectivity index (χ0v) is 13.4. The van der Waals surface area contributed by atoms with Crippen LogP contribution < -0.4 is 10.7 Å². The van der Waals surface area contributed by atoms with Crippen molar-refractivity contribution >= 4 is 28.7 Å². The van der Waals surface area contributed by atoms with E-state index in [-0.39, 0.29) is 5.69 Å². The fraction of sp³-hybridized carbons (Fsp3) is 0.467. The summed E-state index contributed by atoms with van der Waals surface area (Å²) in [6.07, 6.45) is 6.03. The summed E-state index contributed by atoms with van der Waals surface area (Å²) in [4.78, 5) is 10.4. The Morgan fingerprint density at radius 3 is 2.77 bits per heavy atom. The highest BCUT2D eigenvalue weighted by atomic mass is 32.1. The smallest absolute Gasteiger partial charge is 0.270 e. The molecule has 1 aliphatic rings. The number of nitro benzene ring substituents is 1. The van der Waals surface area contributed by atoms with E-state index in [0.29, 0.717) is 22.4 Å². The number of nitrogens with one attached hydrogen (secondary N) is 2. The van der Waals surface area contributed by atoms with Crippen LogP contribution in [0.1, 0.15) is 44.6 Å². The van der Waals surface area contributed by atoms with Gasteiger partial charge in [0.25, 0.3) is 5.69 Å². The molecule has 0 radical (unpaired) electrons. The predicted molar refractivity (Wildman–Crippen MR) is 91.0 cm³/mol. The van der Waals surface area contributed by atoms with Crippen molar-refractivity contribution < 1.29 is 4.92 Å². The molecule has 0 spiro atoms. The maximum absolute atomic E-state index is 10.8. The maximum atomic E-state index is 10.8. The van der Waals surface area contributed by atoms with Crippen molar-refractivity contribution in [2.75, 3.05) is 0 Å². The first kappa shape index (κ1) is 16.4. The minimum Gasteiger partial charge on any atom is -0.359 e. The monoisotopic (exact) mass is 320 g/mol. The molecule has 0 heterocycles. The van der Waals surface area contributed by atoms with Crippen LogP contribution in [0.4, 0.5) is 5.69 Å². The number of non-ortho nitro benzene ring substituents is 1. The lowest BCUT2D eigenvalue weighted by molar-refractivity contribution is -0.384. The Kier molecular flexibility index (Phi) is 5.83. The Labute approximate surface area is 135 Å². The number of thiocarbonyl (C=S) groups is 1. The zero-order chi connectivity index (χ0) is 15.9. The largest absolute Gasteiger partial charge is 0.359 e. The predicted octanol–water partition coefficient (Wildman–Crippen LogP) is 3.12. The Balaban J connectivity index is 1.92. The molecule has 6 nitrogen and oxygen atoms in total. The second-order valence-corrected chi connectivity index (χ2v) is 5.83. The first-order valence-electron chi connectivity index (χ1n) is 7.42. The summed E-state index contributed by atoms with van der Waals surface area (Å²) in [5.74, 6) is 0. The molecule has 0 atom stereocenters. The summed E-state index contributed by atoms with van der Waals surface area (Å²) in [5, 5.41) is 18.7. The molecular formula is C15H20N4O2S. The first-order chi connectivity index (χ1) is 10.6. The van der Waals surface area contributed by atoms with Gasteiger partial charge in [0.2, 0.25) is 0 Å². The van der Waals surface area contributed by atoms with Crippen LogP contribution in [0.5, 0.6) is 0 Å². The lowest BCUT2D eigenvalue weighted by Crippen LogP contribution is -2.41. The van der Waals surface area contributed by atoms with Crippen molar-refractivity contribution in [2.45, 2.75) is 45.1 Å². The highest BCUT2D eigenvalue weighted by Gasteiger charge is 2.13. The average molecular weight is 320 g/mol. The molecular weight excluding hydrogens is 300 g/mol. The molecule has 118 valence electrons. The van der Waals surface area contributed by atoms with Gasteiger partial charge in [-0.3, -0.25) is 15.5 Å². The third-order valence-electron chi connectivity index (χ3n) is 3.74. The van der Waals surface area contributed by atoms with Gasteiger partial charge in [0.15, 0.2) is 5.11 Å². The summed E-state index contributed by atoms with van der Waals surface area (Å²) in [6, 6.07) is 6.80. The normalized spacial score (nSPS) is 16.1. The van der Waals surface area contributed by atoms with Crippen LogP contribution in [-0.4, -0.2) is 21.8 Å². The van der Waals surface area contributed by atoms with Crippen LogP contribution >= 0.6 is 12.2 Å². The molecule has 0 aliphatic heterocycles. The number of hydrogen-bond acceptors (Lipinski definition) is 4. The second-order valence-electron chi connectivity index (χ2n) is 5.42. The molecule has 22 heavy (non-hydrogen) atoms. The number of rotatable bonds is 4. The van der Waals surface area contributed by atoms with Crippen LogP contribution in [0.15, 0.2) is 29.4 Å². The number of nitro groups is 1.